The molecule has 2 N–H and O–H groups in total. The zero-order chi connectivity index (χ0) is 23.8. The summed E-state index contributed by atoms with van der Waals surface area (Å²) in [6.07, 6.45) is 5.20. The van der Waals surface area contributed by atoms with E-state index >= 15 is 0 Å². The van der Waals surface area contributed by atoms with Gasteiger partial charge in [-0.1, -0.05) is 37.3 Å². The number of thiophene rings is 1. The first kappa shape index (κ1) is 25.1. The molecule has 33 heavy (non-hydrogen) atoms. The van der Waals surface area contributed by atoms with Gasteiger partial charge >= 0.3 is 11.9 Å². The van der Waals surface area contributed by atoms with Gasteiger partial charge in [-0.25, -0.2) is 9.59 Å². The molecule has 0 bridgehead atoms. The van der Waals surface area contributed by atoms with Gasteiger partial charge in [0.25, 0.3) is 0 Å². The number of likely N-dealkylation sites (tertiary alicyclic amines) is 1. The van der Waals surface area contributed by atoms with E-state index in [1.54, 1.807) is 11.3 Å². The molecule has 1 aromatic heterocycles. The molecule has 0 spiro atoms. The van der Waals surface area contributed by atoms with E-state index in [1.165, 1.54) is 28.8 Å². The normalized spacial score (nSPS) is 20.0. The van der Waals surface area contributed by atoms with E-state index in [4.69, 9.17) is 24.5 Å². The fourth-order valence-corrected chi connectivity index (χ4v) is 5.73. The number of piperidine rings is 1. The summed E-state index contributed by atoms with van der Waals surface area (Å²) >= 11 is 1.76. The highest BCUT2D eigenvalue weighted by Crippen LogP contribution is 2.44. The molecule has 1 unspecified atom stereocenters. The fraction of sp³-hybridized carbons (Fsp3) is 0.480. The van der Waals surface area contributed by atoms with E-state index in [2.05, 4.69) is 40.6 Å². The molecule has 0 saturated carbocycles. The Hall–Kier alpha value is -2.55. The number of rotatable bonds is 6. The molecule has 0 amide bonds. The summed E-state index contributed by atoms with van der Waals surface area (Å²) in [7, 11) is 0. The summed E-state index contributed by atoms with van der Waals surface area (Å²) in [4.78, 5) is 35.2. The van der Waals surface area contributed by atoms with E-state index in [0.29, 0.717) is 18.3 Å². The molecule has 7 nitrogen and oxygen atoms in total. The number of aliphatic carboxylic acids is 2. The number of carboxylic acids is 2. The van der Waals surface area contributed by atoms with Crippen LogP contribution in [0, 0.1) is 0 Å². The molecule has 1 aromatic carbocycles. The van der Waals surface area contributed by atoms with E-state index in [1.807, 2.05) is 13.0 Å². The molecular formula is C25H31NO6S. The number of hydrogen-bond acceptors (Lipinski definition) is 6. The molecule has 1 atom stereocenters. The molecule has 2 saturated heterocycles. The van der Waals surface area contributed by atoms with E-state index in [9.17, 15) is 4.79 Å². The Balaban J connectivity index is 0.000000454. The van der Waals surface area contributed by atoms with Crippen LogP contribution in [0.15, 0.2) is 41.8 Å². The maximum Gasteiger partial charge on any atom is 0.414 e. The maximum atomic E-state index is 13.2. The zero-order valence-corrected chi connectivity index (χ0v) is 19.7. The van der Waals surface area contributed by atoms with Crippen molar-refractivity contribution in [3.05, 3.63) is 47.3 Å². The summed E-state index contributed by atoms with van der Waals surface area (Å²) in [5.41, 5.74) is 2.15. The predicted octanol–water partition coefficient (Wildman–Crippen LogP) is 4.06. The van der Waals surface area contributed by atoms with Crippen LogP contribution in [-0.2, 0) is 24.5 Å². The Morgan fingerprint density at radius 3 is 2.30 bits per heavy atom. The van der Waals surface area contributed by atoms with Crippen LogP contribution in [0.5, 0.6) is 0 Å². The first-order valence-corrected chi connectivity index (χ1v) is 12.2. The minimum Gasteiger partial charge on any atom is -0.473 e. The number of carbonyl (C=O) groups is 3. The van der Waals surface area contributed by atoms with Crippen molar-refractivity contribution in [2.24, 2.45) is 0 Å². The van der Waals surface area contributed by atoms with Gasteiger partial charge in [-0.15, -0.1) is 11.3 Å². The molecule has 2 aliphatic rings. The average molecular weight is 474 g/mol. The SMILES string of the molecule is CCC(=O)C1(c2ccsc2-c2ccccc2)CCN(CC2CCCO2)CC1.O=C(O)C(=O)O. The lowest BCUT2D eigenvalue weighted by molar-refractivity contribution is -0.159. The zero-order valence-electron chi connectivity index (χ0n) is 18.9. The summed E-state index contributed by atoms with van der Waals surface area (Å²) in [5, 5.41) is 16.9. The van der Waals surface area contributed by atoms with Crippen LogP contribution < -0.4 is 0 Å². The Morgan fingerprint density at radius 1 is 1.09 bits per heavy atom. The minimum atomic E-state index is -1.82. The summed E-state index contributed by atoms with van der Waals surface area (Å²) in [6, 6.07) is 12.7. The fourth-order valence-electron chi connectivity index (χ4n) is 4.73. The highest BCUT2D eigenvalue weighted by atomic mass is 32.1. The highest BCUT2D eigenvalue weighted by Gasteiger charge is 2.43. The van der Waals surface area contributed by atoms with Crippen molar-refractivity contribution >= 4 is 29.1 Å². The number of ether oxygens (including phenoxy) is 1. The number of ketones is 1. The smallest absolute Gasteiger partial charge is 0.414 e. The van der Waals surface area contributed by atoms with Gasteiger partial charge < -0.3 is 19.8 Å². The molecular weight excluding hydrogens is 442 g/mol. The Kier molecular flexibility index (Phi) is 8.77. The molecule has 3 heterocycles. The van der Waals surface area contributed by atoms with Crippen LogP contribution in [-0.4, -0.2) is 65.2 Å². The first-order valence-electron chi connectivity index (χ1n) is 11.3. The lowest BCUT2D eigenvalue weighted by atomic mass is 9.68. The van der Waals surface area contributed by atoms with Gasteiger partial charge in [-0.3, -0.25) is 4.79 Å². The summed E-state index contributed by atoms with van der Waals surface area (Å²) in [6.45, 7) is 5.90. The van der Waals surface area contributed by atoms with Crippen molar-refractivity contribution in [1.29, 1.82) is 0 Å². The van der Waals surface area contributed by atoms with Gasteiger partial charge in [0, 0.05) is 24.4 Å². The van der Waals surface area contributed by atoms with Gasteiger partial charge in [0.1, 0.15) is 5.78 Å². The van der Waals surface area contributed by atoms with Crippen LogP contribution in [0.2, 0.25) is 0 Å². The van der Waals surface area contributed by atoms with E-state index in [0.717, 1.165) is 39.1 Å². The number of carboxylic acid groups (broad SMARTS) is 2. The molecule has 0 aliphatic carbocycles. The molecule has 2 aliphatic heterocycles. The number of hydrogen-bond donors (Lipinski definition) is 2. The Morgan fingerprint density at radius 2 is 1.76 bits per heavy atom. The van der Waals surface area contributed by atoms with Crippen LogP contribution in [0.25, 0.3) is 10.4 Å². The van der Waals surface area contributed by atoms with Crippen LogP contribution in [0.1, 0.15) is 44.6 Å². The standard InChI is InChI=1S/C23H29NO2S.C2H2O4/c1-2-21(25)23(11-13-24(14-12-23)17-19-9-6-15-26-19)20-10-16-27-22(20)18-7-4-3-5-8-18;3-1(4)2(5)6/h3-5,7-8,10,16,19H,2,6,9,11-15,17H2,1H3;(H,3,4)(H,5,6). The lowest BCUT2D eigenvalue weighted by Gasteiger charge is -2.42. The number of nitrogens with zero attached hydrogens (tertiary/aromatic N) is 1. The second kappa shape index (κ2) is 11.5. The van der Waals surface area contributed by atoms with Crippen LogP contribution in [0.3, 0.4) is 0 Å². The minimum absolute atomic E-state index is 0.326. The van der Waals surface area contributed by atoms with Gasteiger partial charge in [-0.05, 0) is 61.3 Å². The topological polar surface area (TPSA) is 104 Å². The Bertz CT molecular complexity index is 931. The van der Waals surface area contributed by atoms with Crippen molar-refractivity contribution in [3.63, 3.8) is 0 Å². The van der Waals surface area contributed by atoms with Crippen molar-refractivity contribution in [2.45, 2.75) is 50.5 Å². The summed E-state index contributed by atoms with van der Waals surface area (Å²) in [5.74, 6) is -3.25. The average Bonchev–Trinajstić information content (AvgIpc) is 3.53. The summed E-state index contributed by atoms with van der Waals surface area (Å²) < 4.78 is 5.82. The predicted molar refractivity (Wildman–Crippen MR) is 127 cm³/mol. The van der Waals surface area contributed by atoms with Crippen molar-refractivity contribution in [1.82, 2.24) is 4.90 Å². The van der Waals surface area contributed by atoms with Crippen molar-refractivity contribution in [3.8, 4) is 10.4 Å². The van der Waals surface area contributed by atoms with Gasteiger partial charge in [0.15, 0.2) is 0 Å². The number of carbonyl (C=O) groups excluding carboxylic acids is 1. The van der Waals surface area contributed by atoms with E-state index < -0.39 is 11.9 Å². The van der Waals surface area contributed by atoms with Crippen LogP contribution in [0.4, 0.5) is 0 Å². The molecule has 2 aromatic rings. The number of Topliss-reactive ketones (excluding diaryl/α,β-unsaturated/α-hetero) is 1. The van der Waals surface area contributed by atoms with Gasteiger partial charge in [0.05, 0.1) is 11.5 Å². The second-order valence-corrected chi connectivity index (χ2v) is 9.35. The van der Waals surface area contributed by atoms with Crippen LogP contribution >= 0.6 is 11.3 Å². The van der Waals surface area contributed by atoms with Crippen molar-refractivity contribution in [2.75, 3.05) is 26.2 Å². The molecule has 8 heteroatoms. The molecule has 0 radical (unpaired) electrons. The second-order valence-electron chi connectivity index (χ2n) is 8.43. The lowest BCUT2D eigenvalue weighted by Crippen LogP contribution is -2.48. The monoisotopic (exact) mass is 473 g/mol. The maximum absolute atomic E-state index is 13.2. The van der Waals surface area contributed by atoms with E-state index in [-0.39, 0.29) is 5.41 Å². The van der Waals surface area contributed by atoms with Crippen molar-refractivity contribution < 1.29 is 29.3 Å². The third-order valence-electron chi connectivity index (χ3n) is 6.45. The number of benzene rings is 1. The highest BCUT2D eigenvalue weighted by molar-refractivity contribution is 7.13. The first-order chi connectivity index (χ1) is 15.9. The molecule has 2 fully saturated rings. The third kappa shape index (κ3) is 6.07. The largest absolute Gasteiger partial charge is 0.473 e. The molecule has 4 rings (SSSR count). The Labute approximate surface area is 198 Å². The van der Waals surface area contributed by atoms with Gasteiger partial charge in [0.2, 0.25) is 0 Å². The molecule has 178 valence electrons. The third-order valence-corrected chi connectivity index (χ3v) is 7.41. The van der Waals surface area contributed by atoms with Gasteiger partial charge in [-0.2, -0.15) is 0 Å². The quantitative estimate of drug-likeness (QED) is 0.610.